The molecule has 0 bridgehead atoms. The second-order valence-corrected chi connectivity index (χ2v) is 5.37. The van der Waals surface area contributed by atoms with Gasteiger partial charge in [-0.25, -0.2) is 0 Å². The van der Waals surface area contributed by atoms with Crippen molar-refractivity contribution < 1.29 is 51.6 Å². The molecule has 0 aliphatic carbocycles. The van der Waals surface area contributed by atoms with Gasteiger partial charge in [-0.05, 0) is 0 Å². The molecule has 18 heavy (non-hydrogen) atoms. The molecule has 0 amide bonds. The molecule has 0 spiro atoms. The number of halogens is 7. The first-order chi connectivity index (χ1) is 7.00. The molecule has 5 nitrogen and oxygen atoms in total. The SMILES string of the molecule is O=S(=O)(O)C(F)(F)C(F)(F)C(F)(F)S(=O)(=O)F.[KH]. The zero-order valence-corrected chi connectivity index (χ0v) is 8.68. The zero-order chi connectivity index (χ0) is 14.5. The Bertz CT molecular complexity index is 463. The van der Waals surface area contributed by atoms with Crippen molar-refractivity contribution in [3.05, 3.63) is 0 Å². The van der Waals surface area contributed by atoms with Gasteiger partial charge < -0.3 is 0 Å². The molecule has 1 N–H and O–H groups in total. The van der Waals surface area contributed by atoms with E-state index in [0.717, 1.165) is 0 Å². The molecule has 0 radical (unpaired) electrons. The van der Waals surface area contributed by atoms with Gasteiger partial charge in [-0.1, -0.05) is 3.89 Å². The molecule has 0 aromatic carbocycles. The first-order valence-electron chi connectivity index (χ1n) is 3.05. The molecular weight excluding hydrogens is 352 g/mol. The van der Waals surface area contributed by atoms with Gasteiger partial charge in [0.2, 0.25) is 0 Å². The Kier molecular flexibility index (Phi) is 6.41. The number of alkyl halides is 6. The van der Waals surface area contributed by atoms with Crippen LogP contribution in [0.25, 0.3) is 0 Å². The molecular formula is C3H2F7KO5S2. The predicted molar refractivity (Wildman–Crippen MR) is 43.6 cm³/mol. The number of rotatable bonds is 4. The van der Waals surface area contributed by atoms with Gasteiger partial charge in [0.25, 0.3) is 0 Å². The Morgan fingerprint density at radius 1 is 0.778 bits per heavy atom. The topological polar surface area (TPSA) is 88.5 Å². The van der Waals surface area contributed by atoms with Crippen molar-refractivity contribution in [2.45, 2.75) is 16.4 Å². The Morgan fingerprint density at radius 3 is 1.22 bits per heavy atom. The van der Waals surface area contributed by atoms with Gasteiger partial charge in [0, 0.05) is 0 Å². The summed E-state index contributed by atoms with van der Waals surface area (Å²) >= 11 is 0. The first kappa shape index (κ1) is 21.3. The van der Waals surface area contributed by atoms with E-state index in [-0.39, 0.29) is 51.4 Å². The maximum atomic E-state index is 12.3. The van der Waals surface area contributed by atoms with Gasteiger partial charge >= 0.3 is 88.2 Å². The van der Waals surface area contributed by atoms with Crippen LogP contribution in [0.5, 0.6) is 0 Å². The second-order valence-electron chi connectivity index (χ2n) is 2.52. The van der Waals surface area contributed by atoms with E-state index in [1.165, 1.54) is 0 Å². The summed E-state index contributed by atoms with van der Waals surface area (Å²) in [7, 11) is -14.6. The average Bonchev–Trinajstić information content (AvgIpc) is 1.98. The monoisotopic (exact) mass is 354 g/mol. The fourth-order valence-corrected chi connectivity index (χ4v) is 1.44. The first-order valence-corrected chi connectivity index (χ1v) is 5.87. The quantitative estimate of drug-likeness (QED) is 0.341. The molecule has 15 heteroatoms. The van der Waals surface area contributed by atoms with E-state index < -0.39 is 36.8 Å². The molecule has 0 aromatic rings. The summed E-state index contributed by atoms with van der Waals surface area (Å²) in [6.07, 6.45) is 0. The van der Waals surface area contributed by atoms with Gasteiger partial charge in [-0.2, -0.15) is 43.2 Å². The summed E-state index contributed by atoms with van der Waals surface area (Å²) in [4.78, 5) is 0. The van der Waals surface area contributed by atoms with Gasteiger partial charge in [0.15, 0.2) is 0 Å². The van der Waals surface area contributed by atoms with Crippen molar-refractivity contribution in [3.63, 3.8) is 0 Å². The van der Waals surface area contributed by atoms with Crippen LogP contribution in [-0.4, -0.2) is 89.2 Å². The summed E-state index contributed by atoms with van der Waals surface area (Å²) < 4.78 is 131. The minimum absolute atomic E-state index is 0. The second kappa shape index (κ2) is 5.42. The van der Waals surface area contributed by atoms with E-state index in [1.54, 1.807) is 0 Å². The number of hydrogen-bond acceptors (Lipinski definition) is 4. The molecule has 0 rings (SSSR count). The van der Waals surface area contributed by atoms with Crippen LogP contribution < -0.4 is 0 Å². The normalized spacial score (nSPS) is 15.1. The third-order valence-corrected chi connectivity index (χ3v) is 3.13. The standard InChI is InChI=1S/C3HF7O5S2.K.H/c4-1(5,2(6,7)16(10,11)12)3(8,9)17(13,14)15;;/h(H,13,14,15);;. The third-order valence-electron chi connectivity index (χ3n) is 1.36. The van der Waals surface area contributed by atoms with Crippen LogP contribution in [0.15, 0.2) is 0 Å². The molecule has 0 saturated heterocycles. The van der Waals surface area contributed by atoms with E-state index in [9.17, 15) is 47.1 Å². The summed E-state index contributed by atoms with van der Waals surface area (Å²) in [5.41, 5.74) is 0. The maximum absolute atomic E-state index is 12.3. The van der Waals surface area contributed by atoms with Crippen LogP contribution in [0.1, 0.15) is 0 Å². The van der Waals surface area contributed by atoms with Gasteiger partial charge in [-0.15, -0.1) is 0 Å². The van der Waals surface area contributed by atoms with Crippen molar-refractivity contribution in [2.75, 3.05) is 0 Å². The molecule has 106 valence electrons. The molecule has 0 saturated carbocycles. The van der Waals surface area contributed by atoms with E-state index in [2.05, 4.69) is 0 Å². The summed E-state index contributed by atoms with van der Waals surface area (Å²) in [5.74, 6) is -7.21. The van der Waals surface area contributed by atoms with Crippen LogP contribution in [0.4, 0.5) is 30.2 Å². The molecule has 0 unspecified atom stereocenters. The third kappa shape index (κ3) is 3.18. The summed E-state index contributed by atoms with van der Waals surface area (Å²) in [6.45, 7) is 0. The van der Waals surface area contributed by atoms with Crippen LogP contribution in [0.3, 0.4) is 0 Å². The Balaban J connectivity index is 0. The molecule has 0 aromatic heterocycles. The van der Waals surface area contributed by atoms with Crippen molar-refractivity contribution in [3.8, 4) is 0 Å². The molecule has 0 aliphatic heterocycles. The molecule has 0 aliphatic rings. The average molecular weight is 354 g/mol. The summed E-state index contributed by atoms with van der Waals surface area (Å²) in [5, 5.41) is -13.9. The number of hydrogen-bond donors (Lipinski definition) is 1. The van der Waals surface area contributed by atoms with E-state index in [4.69, 9.17) is 4.55 Å². The van der Waals surface area contributed by atoms with Crippen LogP contribution >= 0.6 is 0 Å². The fraction of sp³-hybridized carbons (Fsp3) is 1.00. The van der Waals surface area contributed by atoms with Gasteiger partial charge in [0.05, 0.1) is 0 Å². The predicted octanol–water partition coefficient (Wildman–Crippen LogP) is 0.346. The Hall–Kier alpha value is 1.01. The van der Waals surface area contributed by atoms with Crippen LogP contribution in [0, 0.1) is 0 Å². The zero-order valence-electron chi connectivity index (χ0n) is 7.04. The van der Waals surface area contributed by atoms with Crippen molar-refractivity contribution in [2.24, 2.45) is 0 Å². The van der Waals surface area contributed by atoms with Gasteiger partial charge in [-0.3, -0.25) is 4.55 Å². The van der Waals surface area contributed by atoms with Gasteiger partial charge in [0.1, 0.15) is 0 Å². The molecule has 0 heterocycles. The fourth-order valence-electron chi connectivity index (χ4n) is 0.485. The van der Waals surface area contributed by atoms with E-state index >= 15 is 0 Å². The molecule has 0 atom stereocenters. The van der Waals surface area contributed by atoms with E-state index in [1.807, 2.05) is 0 Å². The van der Waals surface area contributed by atoms with Crippen molar-refractivity contribution in [1.82, 2.24) is 0 Å². The Labute approximate surface area is 138 Å². The van der Waals surface area contributed by atoms with Crippen molar-refractivity contribution in [1.29, 1.82) is 0 Å². The minimum atomic E-state index is -7.54. The van der Waals surface area contributed by atoms with Crippen LogP contribution in [-0.2, 0) is 20.3 Å². The van der Waals surface area contributed by atoms with Crippen LogP contribution in [0.2, 0.25) is 0 Å². The van der Waals surface area contributed by atoms with E-state index in [0.29, 0.717) is 0 Å². The Morgan fingerprint density at radius 2 is 1.06 bits per heavy atom. The van der Waals surface area contributed by atoms with Crippen molar-refractivity contribution >= 4 is 71.7 Å². The molecule has 0 fully saturated rings. The summed E-state index contributed by atoms with van der Waals surface area (Å²) in [6, 6.07) is 0.